The first-order valence-corrected chi connectivity index (χ1v) is 6.58. The van der Waals surface area contributed by atoms with Gasteiger partial charge in [-0.05, 0) is 40.8 Å². The molecule has 0 spiro atoms. The number of halogens is 2. The van der Waals surface area contributed by atoms with Gasteiger partial charge in [-0.2, -0.15) is 5.10 Å². The van der Waals surface area contributed by atoms with Gasteiger partial charge in [0, 0.05) is 15.6 Å². The van der Waals surface area contributed by atoms with E-state index in [1.165, 1.54) is 6.33 Å². The summed E-state index contributed by atoms with van der Waals surface area (Å²) in [6.07, 6.45) is 1.41. The van der Waals surface area contributed by atoms with E-state index < -0.39 is 0 Å². The zero-order chi connectivity index (χ0) is 13.1. The minimum atomic E-state index is -0.0988. The minimum absolute atomic E-state index is 0.0988. The second-order valence-electron chi connectivity index (χ2n) is 3.72. The normalized spacial score (nSPS) is 10.4. The van der Waals surface area contributed by atoms with Crippen LogP contribution in [0.5, 0.6) is 0 Å². The SMILES string of the molecule is CN(Cc1ncn[nH]1)C(=O)c1cc(Cl)ccc1I. The molecule has 1 heterocycles. The van der Waals surface area contributed by atoms with E-state index >= 15 is 0 Å². The van der Waals surface area contributed by atoms with Gasteiger partial charge in [-0.3, -0.25) is 9.89 Å². The summed E-state index contributed by atoms with van der Waals surface area (Å²) < 4.78 is 0.867. The van der Waals surface area contributed by atoms with E-state index in [1.54, 1.807) is 24.1 Å². The van der Waals surface area contributed by atoms with Gasteiger partial charge >= 0.3 is 0 Å². The fourth-order valence-electron chi connectivity index (χ4n) is 1.47. The Labute approximate surface area is 123 Å². The zero-order valence-corrected chi connectivity index (χ0v) is 12.4. The van der Waals surface area contributed by atoms with Crippen LogP contribution >= 0.6 is 34.2 Å². The second kappa shape index (κ2) is 5.66. The fourth-order valence-corrected chi connectivity index (χ4v) is 2.21. The molecule has 0 aliphatic rings. The average molecular weight is 377 g/mol. The van der Waals surface area contributed by atoms with Crippen molar-refractivity contribution in [1.82, 2.24) is 20.1 Å². The molecule has 0 aliphatic carbocycles. The van der Waals surface area contributed by atoms with E-state index in [0.717, 1.165) is 3.57 Å². The van der Waals surface area contributed by atoms with E-state index in [-0.39, 0.29) is 5.91 Å². The number of hydrogen-bond acceptors (Lipinski definition) is 3. The van der Waals surface area contributed by atoms with Crippen molar-refractivity contribution >= 4 is 40.1 Å². The highest BCUT2D eigenvalue weighted by Gasteiger charge is 2.16. The van der Waals surface area contributed by atoms with Gasteiger partial charge < -0.3 is 4.90 Å². The predicted octanol–water partition coefficient (Wildman–Crippen LogP) is 2.33. The van der Waals surface area contributed by atoms with Crippen molar-refractivity contribution in [2.75, 3.05) is 7.05 Å². The molecule has 1 aromatic heterocycles. The number of benzene rings is 1. The third-order valence-corrected chi connectivity index (χ3v) is 3.53. The Balaban J connectivity index is 2.17. The number of carbonyl (C=O) groups excluding carboxylic acids is 1. The van der Waals surface area contributed by atoms with E-state index in [9.17, 15) is 4.79 Å². The maximum Gasteiger partial charge on any atom is 0.255 e. The first-order chi connectivity index (χ1) is 8.58. The van der Waals surface area contributed by atoms with Crippen LogP contribution in [0.4, 0.5) is 0 Å². The van der Waals surface area contributed by atoms with E-state index in [0.29, 0.717) is 23.0 Å². The number of hydrogen-bond donors (Lipinski definition) is 1. The van der Waals surface area contributed by atoms with Gasteiger partial charge in [-0.15, -0.1) is 0 Å². The van der Waals surface area contributed by atoms with Crippen molar-refractivity contribution in [3.63, 3.8) is 0 Å². The maximum atomic E-state index is 12.2. The monoisotopic (exact) mass is 376 g/mol. The second-order valence-corrected chi connectivity index (χ2v) is 5.32. The lowest BCUT2D eigenvalue weighted by Gasteiger charge is -2.16. The number of nitrogens with one attached hydrogen (secondary N) is 1. The standard InChI is InChI=1S/C11H10ClIN4O/c1-17(5-10-14-6-15-16-10)11(18)8-4-7(12)2-3-9(8)13/h2-4,6H,5H2,1H3,(H,14,15,16). The van der Waals surface area contributed by atoms with Crippen LogP contribution in [-0.2, 0) is 6.54 Å². The van der Waals surface area contributed by atoms with Gasteiger partial charge in [0.2, 0.25) is 0 Å². The Morgan fingerprint density at radius 3 is 3.00 bits per heavy atom. The zero-order valence-electron chi connectivity index (χ0n) is 9.52. The number of aromatic amines is 1. The number of aromatic nitrogens is 3. The summed E-state index contributed by atoms with van der Waals surface area (Å²) >= 11 is 8.02. The molecule has 7 heteroatoms. The molecule has 1 N–H and O–H groups in total. The molecule has 0 fully saturated rings. The van der Waals surface area contributed by atoms with Crippen molar-refractivity contribution in [2.24, 2.45) is 0 Å². The van der Waals surface area contributed by atoms with E-state index in [1.807, 2.05) is 6.07 Å². The Morgan fingerprint density at radius 2 is 2.33 bits per heavy atom. The molecule has 0 radical (unpaired) electrons. The van der Waals surface area contributed by atoms with Crippen LogP contribution in [0.2, 0.25) is 5.02 Å². The van der Waals surface area contributed by atoms with Gasteiger partial charge in [0.1, 0.15) is 12.2 Å². The number of amides is 1. The highest BCUT2D eigenvalue weighted by Crippen LogP contribution is 2.19. The molecule has 0 bridgehead atoms. The third kappa shape index (κ3) is 2.99. The molecular formula is C11H10ClIN4O. The molecule has 0 aliphatic heterocycles. The summed E-state index contributed by atoms with van der Waals surface area (Å²) in [5.41, 5.74) is 0.588. The van der Waals surface area contributed by atoms with Crippen LogP contribution in [0.15, 0.2) is 24.5 Å². The summed E-state index contributed by atoms with van der Waals surface area (Å²) in [6, 6.07) is 5.25. The highest BCUT2D eigenvalue weighted by atomic mass is 127. The molecule has 1 aromatic carbocycles. The van der Waals surface area contributed by atoms with Crippen LogP contribution in [0.25, 0.3) is 0 Å². The number of rotatable bonds is 3. The molecule has 1 amide bonds. The summed E-state index contributed by atoms with van der Waals surface area (Å²) in [5.74, 6) is 0.543. The number of nitrogens with zero attached hydrogens (tertiary/aromatic N) is 3. The van der Waals surface area contributed by atoms with Gasteiger partial charge in [0.15, 0.2) is 0 Å². The molecule has 5 nitrogen and oxygen atoms in total. The van der Waals surface area contributed by atoms with Gasteiger partial charge in [-0.25, -0.2) is 4.98 Å². The molecule has 2 aromatic rings. The number of carbonyl (C=O) groups is 1. The lowest BCUT2D eigenvalue weighted by molar-refractivity contribution is 0.0780. The maximum absolute atomic E-state index is 12.2. The average Bonchev–Trinajstić information content (AvgIpc) is 2.84. The van der Waals surface area contributed by atoms with Gasteiger partial charge in [-0.1, -0.05) is 11.6 Å². The van der Waals surface area contributed by atoms with Crippen molar-refractivity contribution in [2.45, 2.75) is 6.54 Å². The third-order valence-electron chi connectivity index (χ3n) is 2.36. The van der Waals surface area contributed by atoms with E-state index in [4.69, 9.17) is 11.6 Å². The largest absolute Gasteiger partial charge is 0.334 e. The quantitative estimate of drug-likeness (QED) is 0.837. The molecule has 0 saturated heterocycles. The fraction of sp³-hybridized carbons (Fsp3) is 0.182. The van der Waals surface area contributed by atoms with Crippen molar-refractivity contribution in [3.05, 3.63) is 44.5 Å². The highest BCUT2D eigenvalue weighted by molar-refractivity contribution is 14.1. The summed E-state index contributed by atoms with van der Waals surface area (Å²) in [4.78, 5) is 17.8. The molecule has 0 unspecified atom stereocenters. The summed E-state index contributed by atoms with van der Waals surface area (Å²) in [7, 11) is 1.71. The van der Waals surface area contributed by atoms with Crippen LogP contribution in [0, 0.1) is 3.57 Å². The first-order valence-electron chi connectivity index (χ1n) is 5.12. The lowest BCUT2D eigenvalue weighted by Crippen LogP contribution is -2.27. The Hall–Kier alpha value is -1.15. The molecular weight excluding hydrogens is 367 g/mol. The topological polar surface area (TPSA) is 61.9 Å². The molecule has 0 saturated carbocycles. The van der Waals surface area contributed by atoms with Crippen molar-refractivity contribution in [3.8, 4) is 0 Å². The van der Waals surface area contributed by atoms with Crippen molar-refractivity contribution < 1.29 is 4.79 Å². The van der Waals surface area contributed by atoms with Crippen LogP contribution in [-0.4, -0.2) is 33.0 Å². The van der Waals surface area contributed by atoms with Gasteiger partial charge in [0.05, 0.1) is 12.1 Å². The molecule has 18 heavy (non-hydrogen) atoms. The van der Waals surface area contributed by atoms with E-state index in [2.05, 4.69) is 37.8 Å². The lowest BCUT2D eigenvalue weighted by atomic mass is 10.2. The Bertz CT molecular complexity index is 558. The van der Waals surface area contributed by atoms with Gasteiger partial charge in [0.25, 0.3) is 5.91 Å². The minimum Gasteiger partial charge on any atom is -0.334 e. The summed E-state index contributed by atoms with van der Waals surface area (Å²) in [6.45, 7) is 0.376. The van der Waals surface area contributed by atoms with Crippen LogP contribution < -0.4 is 0 Å². The predicted molar refractivity (Wildman–Crippen MR) is 76.3 cm³/mol. The first kappa shape index (κ1) is 13.3. The van der Waals surface area contributed by atoms with Crippen molar-refractivity contribution in [1.29, 1.82) is 0 Å². The molecule has 2 rings (SSSR count). The molecule has 0 atom stereocenters. The Morgan fingerprint density at radius 1 is 1.56 bits per heavy atom. The Kier molecular flexibility index (Phi) is 4.18. The smallest absolute Gasteiger partial charge is 0.255 e. The molecule has 94 valence electrons. The summed E-state index contributed by atoms with van der Waals surface area (Å²) in [5, 5.41) is 7.01. The van der Waals surface area contributed by atoms with Crippen LogP contribution in [0.1, 0.15) is 16.2 Å². The number of H-pyrrole nitrogens is 1. The van der Waals surface area contributed by atoms with Crippen LogP contribution in [0.3, 0.4) is 0 Å².